The van der Waals surface area contributed by atoms with Gasteiger partial charge < -0.3 is 14.2 Å². The molecule has 0 N–H and O–H groups in total. The number of ether oxygens (including phenoxy) is 3. The maximum atomic E-state index is 12.0. The molecule has 0 spiro atoms. The summed E-state index contributed by atoms with van der Waals surface area (Å²) in [4.78, 5) is 13.4. The van der Waals surface area contributed by atoms with Gasteiger partial charge in [-0.2, -0.15) is 0 Å². The van der Waals surface area contributed by atoms with Crippen molar-refractivity contribution in [3.05, 3.63) is 18.2 Å². The van der Waals surface area contributed by atoms with Crippen molar-refractivity contribution in [2.24, 2.45) is 0 Å². The van der Waals surface area contributed by atoms with Crippen LogP contribution in [0.1, 0.15) is 20.8 Å². The largest absolute Gasteiger partial charge is 0.486 e. The molecule has 1 aliphatic rings. The molecule has 0 saturated heterocycles. The van der Waals surface area contributed by atoms with Gasteiger partial charge in [-0.3, -0.25) is 4.90 Å². The van der Waals surface area contributed by atoms with Gasteiger partial charge in [0.15, 0.2) is 11.5 Å². The van der Waals surface area contributed by atoms with Crippen molar-refractivity contribution in [3.63, 3.8) is 0 Å². The highest BCUT2D eigenvalue weighted by atomic mass is 16.6. The quantitative estimate of drug-likeness (QED) is 0.783. The fourth-order valence-corrected chi connectivity index (χ4v) is 1.68. The molecule has 2 rings (SSSR count). The molecule has 0 radical (unpaired) electrons. The first-order chi connectivity index (χ1) is 8.87. The lowest BCUT2D eigenvalue weighted by atomic mass is 10.2. The van der Waals surface area contributed by atoms with Crippen molar-refractivity contribution in [2.45, 2.75) is 26.4 Å². The van der Waals surface area contributed by atoms with E-state index in [1.54, 1.807) is 25.2 Å². The number of hydrogen-bond donors (Lipinski definition) is 0. The molecule has 19 heavy (non-hydrogen) atoms. The molecule has 0 aromatic heterocycles. The normalized spacial score (nSPS) is 13.9. The van der Waals surface area contributed by atoms with Crippen molar-refractivity contribution in [1.82, 2.24) is 0 Å². The molecular weight excluding hydrogens is 246 g/mol. The minimum atomic E-state index is -0.515. The van der Waals surface area contributed by atoms with Crippen LogP contribution in [0, 0.1) is 0 Å². The van der Waals surface area contributed by atoms with Gasteiger partial charge in [-0.25, -0.2) is 4.79 Å². The number of hydrogen-bond acceptors (Lipinski definition) is 4. The topological polar surface area (TPSA) is 48.0 Å². The van der Waals surface area contributed by atoms with E-state index in [1.807, 2.05) is 20.8 Å². The number of amides is 1. The Kier molecular flexibility index (Phi) is 3.55. The number of nitrogens with zero attached hydrogens (tertiary/aromatic N) is 1. The summed E-state index contributed by atoms with van der Waals surface area (Å²) in [6.07, 6.45) is -0.399. The molecule has 1 heterocycles. The molecule has 0 bridgehead atoms. The van der Waals surface area contributed by atoms with Crippen molar-refractivity contribution < 1.29 is 19.0 Å². The van der Waals surface area contributed by atoms with E-state index in [-0.39, 0.29) is 0 Å². The van der Waals surface area contributed by atoms with Crippen LogP contribution in [-0.2, 0) is 4.74 Å². The van der Waals surface area contributed by atoms with Gasteiger partial charge in [0.1, 0.15) is 18.8 Å². The first-order valence-electron chi connectivity index (χ1n) is 6.23. The Morgan fingerprint density at radius 3 is 2.47 bits per heavy atom. The van der Waals surface area contributed by atoms with E-state index >= 15 is 0 Å². The molecule has 1 aliphatic heterocycles. The number of benzene rings is 1. The minimum Gasteiger partial charge on any atom is -0.486 e. The molecule has 1 amide bonds. The smallest absolute Gasteiger partial charge is 0.414 e. The van der Waals surface area contributed by atoms with Crippen LogP contribution >= 0.6 is 0 Å². The number of anilines is 1. The second-order valence-corrected chi connectivity index (χ2v) is 5.37. The van der Waals surface area contributed by atoms with Crippen molar-refractivity contribution in [1.29, 1.82) is 0 Å². The Hall–Kier alpha value is -1.91. The highest BCUT2D eigenvalue weighted by Crippen LogP contribution is 2.33. The zero-order valence-electron chi connectivity index (χ0n) is 11.7. The van der Waals surface area contributed by atoms with Crippen LogP contribution < -0.4 is 14.4 Å². The fraction of sp³-hybridized carbons (Fsp3) is 0.500. The maximum absolute atomic E-state index is 12.0. The van der Waals surface area contributed by atoms with E-state index in [0.29, 0.717) is 30.4 Å². The van der Waals surface area contributed by atoms with E-state index in [0.717, 1.165) is 0 Å². The average molecular weight is 265 g/mol. The number of fused-ring (bicyclic) bond motifs is 1. The Morgan fingerprint density at radius 2 is 1.84 bits per heavy atom. The molecule has 5 heteroatoms. The summed E-state index contributed by atoms with van der Waals surface area (Å²) in [5.41, 5.74) is 0.192. The van der Waals surface area contributed by atoms with Gasteiger partial charge >= 0.3 is 6.09 Å². The first-order valence-corrected chi connectivity index (χ1v) is 6.23. The molecule has 5 nitrogen and oxygen atoms in total. The third-order valence-corrected chi connectivity index (χ3v) is 2.58. The summed E-state index contributed by atoms with van der Waals surface area (Å²) in [6, 6.07) is 5.38. The van der Waals surface area contributed by atoms with Crippen LogP contribution in [-0.4, -0.2) is 32.0 Å². The molecular formula is C14H19NO4. The fourth-order valence-electron chi connectivity index (χ4n) is 1.68. The van der Waals surface area contributed by atoms with Crippen LogP contribution in [0.15, 0.2) is 18.2 Å². The second-order valence-electron chi connectivity index (χ2n) is 5.37. The van der Waals surface area contributed by atoms with E-state index < -0.39 is 11.7 Å². The summed E-state index contributed by atoms with van der Waals surface area (Å²) < 4.78 is 16.2. The third kappa shape index (κ3) is 3.30. The van der Waals surface area contributed by atoms with Crippen molar-refractivity contribution >= 4 is 11.8 Å². The zero-order valence-corrected chi connectivity index (χ0v) is 11.7. The minimum absolute atomic E-state index is 0.399. The van der Waals surface area contributed by atoms with Crippen LogP contribution in [0.4, 0.5) is 10.5 Å². The molecule has 0 aliphatic carbocycles. The SMILES string of the molecule is CN(C(=O)OC(C)(C)C)c1ccc2c(c1)OCCO2. The predicted molar refractivity (Wildman–Crippen MR) is 72.1 cm³/mol. The number of carbonyl (C=O) groups is 1. The second kappa shape index (κ2) is 4.99. The Bertz CT molecular complexity index is 479. The molecule has 0 unspecified atom stereocenters. The summed E-state index contributed by atoms with van der Waals surface area (Å²) in [5, 5.41) is 0. The van der Waals surface area contributed by atoms with Gasteiger partial charge in [-0.15, -0.1) is 0 Å². The molecule has 1 aromatic carbocycles. The predicted octanol–water partition coefficient (Wildman–Crippen LogP) is 2.83. The highest BCUT2D eigenvalue weighted by molar-refractivity contribution is 5.87. The molecule has 1 aromatic rings. The standard InChI is InChI=1S/C14H19NO4/c1-14(2,3)19-13(16)15(4)10-5-6-11-12(9-10)18-8-7-17-11/h5-6,9H,7-8H2,1-4H3. The lowest BCUT2D eigenvalue weighted by Gasteiger charge is -2.26. The van der Waals surface area contributed by atoms with Crippen LogP contribution in [0.5, 0.6) is 11.5 Å². The highest BCUT2D eigenvalue weighted by Gasteiger charge is 2.22. The number of carbonyl (C=O) groups excluding carboxylic acids is 1. The molecule has 0 saturated carbocycles. The van der Waals surface area contributed by atoms with Crippen LogP contribution in [0.25, 0.3) is 0 Å². The summed E-state index contributed by atoms with van der Waals surface area (Å²) in [6.45, 7) is 6.58. The molecule has 0 atom stereocenters. The van der Waals surface area contributed by atoms with E-state index in [4.69, 9.17) is 14.2 Å². The van der Waals surface area contributed by atoms with Gasteiger partial charge in [-0.1, -0.05) is 0 Å². The van der Waals surface area contributed by atoms with Crippen LogP contribution in [0.3, 0.4) is 0 Å². The Morgan fingerprint density at radius 1 is 1.21 bits per heavy atom. The first kappa shape index (κ1) is 13.5. The van der Waals surface area contributed by atoms with Crippen molar-refractivity contribution in [3.8, 4) is 11.5 Å². The van der Waals surface area contributed by atoms with E-state index in [9.17, 15) is 4.79 Å². The van der Waals surface area contributed by atoms with E-state index in [2.05, 4.69) is 0 Å². The van der Waals surface area contributed by atoms with Gasteiger partial charge in [0, 0.05) is 13.1 Å². The average Bonchev–Trinajstić information content (AvgIpc) is 2.35. The molecule has 0 fully saturated rings. The summed E-state index contributed by atoms with van der Waals surface area (Å²) >= 11 is 0. The van der Waals surface area contributed by atoms with Crippen LogP contribution in [0.2, 0.25) is 0 Å². The van der Waals surface area contributed by atoms with Crippen molar-refractivity contribution in [2.75, 3.05) is 25.2 Å². The van der Waals surface area contributed by atoms with E-state index in [1.165, 1.54) is 4.90 Å². The third-order valence-electron chi connectivity index (χ3n) is 2.58. The lowest BCUT2D eigenvalue weighted by molar-refractivity contribution is 0.0589. The Balaban J connectivity index is 2.15. The summed E-state index contributed by atoms with van der Waals surface area (Å²) in [5.74, 6) is 1.35. The number of rotatable bonds is 1. The van der Waals surface area contributed by atoms with Gasteiger partial charge in [-0.05, 0) is 32.9 Å². The summed E-state index contributed by atoms with van der Waals surface area (Å²) in [7, 11) is 1.67. The maximum Gasteiger partial charge on any atom is 0.414 e. The monoisotopic (exact) mass is 265 g/mol. The lowest BCUT2D eigenvalue weighted by Crippen LogP contribution is -2.34. The van der Waals surface area contributed by atoms with Gasteiger partial charge in [0.2, 0.25) is 0 Å². The zero-order chi connectivity index (χ0) is 14.0. The van der Waals surface area contributed by atoms with Gasteiger partial charge in [0.05, 0.1) is 5.69 Å². The molecule has 104 valence electrons. The Labute approximate surface area is 113 Å². The van der Waals surface area contributed by atoms with Gasteiger partial charge in [0.25, 0.3) is 0 Å².